The summed E-state index contributed by atoms with van der Waals surface area (Å²) >= 11 is 5.47. The summed E-state index contributed by atoms with van der Waals surface area (Å²) in [5.41, 5.74) is 0.0382. The van der Waals surface area contributed by atoms with Gasteiger partial charge >= 0.3 is 5.97 Å². The summed E-state index contributed by atoms with van der Waals surface area (Å²) in [7, 11) is 1.23. The van der Waals surface area contributed by atoms with Crippen molar-refractivity contribution in [3.8, 4) is 0 Å². The summed E-state index contributed by atoms with van der Waals surface area (Å²) in [6, 6.07) is 1.10. The van der Waals surface area contributed by atoms with Gasteiger partial charge in [0, 0.05) is 6.20 Å². The first-order valence-electron chi connectivity index (χ1n) is 3.50. The third-order valence-electron chi connectivity index (χ3n) is 1.42. The summed E-state index contributed by atoms with van der Waals surface area (Å²) in [6.07, 6.45) is 1.10. The Bertz CT molecular complexity index is 330. The number of ether oxygens (including phenoxy) is 1. The number of rotatable bonds is 2. The van der Waals surface area contributed by atoms with Gasteiger partial charge in [0.15, 0.2) is 0 Å². The summed E-state index contributed by atoms with van der Waals surface area (Å²) in [5, 5.41) is 0.200. The molecule has 1 aromatic rings. The van der Waals surface area contributed by atoms with Gasteiger partial charge in [0.05, 0.1) is 24.2 Å². The van der Waals surface area contributed by atoms with Crippen LogP contribution >= 0.6 is 11.6 Å². The Morgan fingerprint density at radius 1 is 1.77 bits per heavy atom. The molecule has 0 N–H and O–H groups in total. The smallest absolute Gasteiger partial charge is 0.311 e. The van der Waals surface area contributed by atoms with E-state index >= 15 is 0 Å². The molecule has 5 heteroatoms. The molecule has 70 valence electrons. The molecule has 0 atom stereocenters. The van der Waals surface area contributed by atoms with E-state index in [-0.39, 0.29) is 17.1 Å². The van der Waals surface area contributed by atoms with E-state index in [1.165, 1.54) is 13.3 Å². The number of aromatic nitrogens is 1. The predicted molar refractivity (Wildman–Crippen MR) is 44.9 cm³/mol. The standard InChI is InChI=1S/C8H7ClFNO2/c1-13-8(12)3-7-6(10)2-5(9)4-11-7/h2,4H,3H2,1H3. The van der Waals surface area contributed by atoms with E-state index in [0.717, 1.165) is 6.07 Å². The first kappa shape index (κ1) is 9.92. The number of halogens is 2. The zero-order chi connectivity index (χ0) is 9.84. The van der Waals surface area contributed by atoms with Gasteiger partial charge < -0.3 is 4.74 Å². The highest BCUT2D eigenvalue weighted by Gasteiger charge is 2.09. The molecule has 0 radical (unpaired) electrons. The Kier molecular flexibility index (Phi) is 3.19. The van der Waals surface area contributed by atoms with E-state index < -0.39 is 11.8 Å². The van der Waals surface area contributed by atoms with Gasteiger partial charge in [0.2, 0.25) is 0 Å². The number of carbonyl (C=O) groups excluding carboxylic acids is 1. The van der Waals surface area contributed by atoms with Crippen molar-refractivity contribution in [2.75, 3.05) is 7.11 Å². The SMILES string of the molecule is COC(=O)Cc1ncc(Cl)cc1F. The molecule has 0 aliphatic heterocycles. The largest absolute Gasteiger partial charge is 0.469 e. The van der Waals surface area contributed by atoms with Crippen molar-refractivity contribution < 1.29 is 13.9 Å². The molecule has 0 saturated heterocycles. The molecular formula is C8H7ClFNO2. The van der Waals surface area contributed by atoms with Crippen LogP contribution < -0.4 is 0 Å². The van der Waals surface area contributed by atoms with E-state index in [9.17, 15) is 9.18 Å². The number of methoxy groups -OCH3 is 1. The molecular weight excluding hydrogens is 197 g/mol. The number of carbonyl (C=O) groups is 1. The highest BCUT2D eigenvalue weighted by molar-refractivity contribution is 6.30. The van der Waals surface area contributed by atoms with Gasteiger partial charge in [0.25, 0.3) is 0 Å². The van der Waals surface area contributed by atoms with Crippen molar-refractivity contribution in [3.05, 3.63) is 28.8 Å². The van der Waals surface area contributed by atoms with Crippen LogP contribution in [0, 0.1) is 5.82 Å². The van der Waals surface area contributed by atoms with E-state index in [2.05, 4.69) is 9.72 Å². The number of pyridine rings is 1. The second kappa shape index (κ2) is 4.18. The van der Waals surface area contributed by atoms with Crippen LogP contribution in [0.1, 0.15) is 5.69 Å². The Morgan fingerprint density at radius 2 is 2.46 bits per heavy atom. The summed E-state index contributed by atoms with van der Waals surface area (Å²) in [4.78, 5) is 14.4. The third-order valence-corrected chi connectivity index (χ3v) is 1.63. The van der Waals surface area contributed by atoms with E-state index in [1.54, 1.807) is 0 Å². The first-order valence-corrected chi connectivity index (χ1v) is 3.88. The molecule has 0 unspecified atom stereocenters. The highest BCUT2D eigenvalue weighted by atomic mass is 35.5. The minimum Gasteiger partial charge on any atom is -0.469 e. The second-order valence-electron chi connectivity index (χ2n) is 2.33. The number of hydrogen-bond acceptors (Lipinski definition) is 3. The van der Waals surface area contributed by atoms with Gasteiger partial charge in [-0.15, -0.1) is 0 Å². The average Bonchev–Trinajstić information content (AvgIpc) is 2.09. The lowest BCUT2D eigenvalue weighted by Crippen LogP contribution is -2.07. The van der Waals surface area contributed by atoms with Gasteiger partial charge in [-0.1, -0.05) is 11.6 Å². The molecule has 0 aliphatic carbocycles. The molecule has 0 amide bonds. The summed E-state index contributed by atoms with van der Waals surface area (Å²) < 4.78 is 17.4. The van der Waals surface area contributed by atoms with Crippen LogP contribution in [0.15, 0.2) is 12.3 Å². The summed E-state index contributed by atoms with van der Waals surface area (Å²) in [6.45, 7) is 0. The zero-order valence-electron chi connectivity index (χ0n) is 6.88. The minimum absolute atomic E-state index is 0.0382. The molecule has 0 fully saturated rings. The van der Waals surface area contributed by atoms with Crippen molar-refractivity contribution in [1.82, 2.24) is 4.98 Å². The molecule has 1 rings (SSSR count). The number of nitrogens with zero attached hydrogens (tertiary/aromatic N) is 1. The van der Waals surface area contributed by atoms with Crippen LogP contribution in [0.5, 0.6) is 0 Å². The quantitative estimate of drug-likeness (QED) is 0.686. The maximum absolute atomic E-state index is 13.0. The van der Waals surface area contributed by atoms with Crippen LogP contribution in [-0.2, 0) is 16.0 Å². The lowest BCUT2D eigenvalue weighted by atomic mass is 10.2. The predicted octanol–water partition coefficient (Wildman–Crippen LogP) is 1.59. The van der Waals surface area contributed by atoms with Crippen LogP contribution in [0.2, 0.25) is 5.02 Å². The van der Waals surface area contributed by atoms with Crippen molar-refractivity contribution in [2.45, 2.75) is 6.42 Å². The lowest BCUT2D eigenvalue weighted by molar-refractivity contribution is -0.139. The maximum Gasteiger partial charge on any atom is 0.311 e. The molecule has 1 aromatic heterocycles. The van der Waals surface area contributed by atoms with E-state index in [0.29, 0.717) is 0 Å². The molecule has 3 nitrogen and oxygen atoms in total. The molecule has 0 bridgehead atoms. The molecule has 1 heterocycles. The fourth-order valence-corrected chi connectivity index (χ4v) is 0.926. The van der Waals surface area contributed by atoms with Crippen LogP contribution in [-0.4, -0.2) is 18.1 Å². The lowest BCUT2D eigenvalue weighted by Gasteiger charge is -2.00. The Balaban J connectivity index is 2.83. The van der Waals surface area contributed by atoms with Gasteiger partial charge in [0.1, 0.15) is 5.82 Å². The fraction of sp³-hybridized carbons (Fsp3) is 0.250. The topological polar surface area (TPSA) is 39.2 Å². The third kappa shape index (κ3) is 2.66. The van der Waals surface area contributed by atoms with Gasteiger partial charge in [-0.05, 0) is 6.07 Å². The van der Waals surface area contributed by atoms with Gasteiger partial charge in [-0.3, -0.25) is 9.78 Å². The first-order chi connectivity index (χ1) is 6.13. The van der Waals surface area contributed by atoms with Crippen molar-refractivity contribution >= 4 is 17.6 Å². The molecule has 0 aromatic carbocycles. The highest BCUT2D eigenvalue weighted by Crippen LogP contribution is 2.12. The Morgan fingerprint density at radius 3 is 3.00 bits per heavy atom. The van der Waals surface area contributed by atoms with Gasteiger partial charge in [-0.25, -0.2) is 4.39 Å². The van der Waals surface area contributed by atoms with E-state index in [4.69, 9.17) is 11.6 Å². The number of hydrogen-bond donors (Lipinski definition) is 0. The molecule has 0 saturated carbocycles. The number of esters is 1. The second-order valence-corrected chi connectivity index (χ2v) is 2.77. The van der Waals surface area contributed by atoms with Crippen molar-refractivity contribution in [2.24, 2.45) is 0 Å². The van der Waals surface area contributed by atoms with Gasteiger partial charge in [-0.2, -0.15) is 0 Å². The van der Waals surface area contributed by atoms with Crippen molar-refractivity contribution in [1.29, 1.82) is 0 Å². The summed E-state index contributed by atoms with van der Waals surface area (Å²) in [5.74, 6) is -1.13. The molecule has 0 spiro atoms. The average molecular weight is 204 g/mol. The van der Waals surface area contributed by atoms with Crippen LogP contribution in [0.3, 0.4) is 0 Å². The molecule has 0 aliphatic rings. The fourth-order valence-electron chi connectivity index (χ4n) is 0.782. The minimum atomic E-state index is -0.599. The molecule has 13 heavy (non-hydrogen) atoms. The van der Waals surface area contributed by atoms with Crippen LogP contribution in [0.25, 0.3) is 0 Å². The Hall–Kier alpha value is -1.16. The van der Waals surface area contributed by atoms with Crippen LogP contribution in [0.4, 0.5) is 4.39 Å². The maximum atomic E-state index is 13.0. The normalized spacial score (nSPS) is 9.77. The van der Waals surface area contributed by atoms with Crippen molar-refractivity contribution in [3.63, 3.8) is 0 Å². The Labute approximate surface area is 79.5 Å². The zero-order valence-corrected chi connectivity index (χ0v) is 7.64. The monoisotopic (exact) mass is 203 g/mol. The van der Waals surface area contributed by atoms with E-state index in [1.807, 2.05) is 0 Å².